The van der Waals surface area contributed by atoms with Gasteiger partial charge in [0.05, 0.1) is 15.5 Å². The van der Waals surface area contributed by atoms with E-state index in [2.05, 4.69) is 17.1 Å². The molecule has 2 aliphatic heterocycles. The molecule has 1 atom stereocenters. The molecule has 2 heterocycles. The van der Waals surface area contributed by atoms with Crippen LogP contribution in [0.5, 0.6) is 0 Å². The van der Waals surface area contributed by atoms with Gasteiger partial charge in [0, 0.05) is 32.2 Å². The lowest BCUT2D eigenvalue weighted by atomic mass is 10.00. The van der Waals surface area contributed by atoms with Crippen molar-refractivity contribution in [3.05, 3.63) is 28.8 Å². The van der Waals surface area contributed by atoms with Crippen LogP contribution in [0.15, 0.2) is 23.1 Å². The summed E-state index contributed by atoms with van der Waals surface area (Å²) in [4.78, 5) is 15.3. The summed E-state index contributed by atoms with van der Waals surface area (Å²) in [5.41, 5.74) is 0.221. The number of sulfonamides is 1. The minimum atomic E-state index is -3.60. The van der Waals surface area contributed by atoms with Crippen LogP contribution in [0, 0.1) is 0 Å². The Kier molecular flexibility index (Phi) is 8.57. The van der Waals surface area contributed by atoms with Crippen molar-refractivity contribution in [2.45, 2.75) is 69.2 Å². The number of carbonyl (C=O) groups excluding carboxylic acids is 1. The molecule has 2 fully saturated rings. The molecule has 0 unspecified atom stereocenters. The SMILES string of the molecule is CC[C@H]1CCCCN1CCCNC(=O)c1cc(S(=O)(=O)N2CCCCC2)ccc1Cl. The summed E-state index contributed by atoms with van der Waals surface area (Å²) in [6.45, 7) is 5.94. The molecule has 2 aliphatic rings. The molecule has 6 nitrogen and oxygen atoms in total. The lowest BCUT2D eigenvalue weighted by molar-refractivity contribution is 0.0947. The Morgan fingerprint density at radius 2 is 1.87 bits per heavy atom. The summed E-state index contributed by atoms with van der Waals surface area (Å²) in [7, 11) is -3.60. The van der Waals surface area contributed by atoms with Crippen LogP contribution in [0.1, 0.15) is 68.6 Å². The maximum absolute atomic E-state index is 12.9. The molecule has 30 heavy (non-hydrogen) atoms. The largest absolute Gasteiger partial charge is 0.352 e. The fourth-order valence-corrected chi connectivity index (χ4v) is 6.24. The van der Waals surface area contributed by atoms with E-state index in [0.29, 0.717) is 25.7 Å². The molecule has 0 saturated carbocycles. The Hall–Kier alpha value is -1.15. The monoisotopic (exact) mass is 455 g/mol. The summed E-state index contributed by atoms with van der Waals surface area (Å²) >= 11 is 6.22. The van der Waals surface area contributed by atoms with E-state index in [1.807, 2.05) is 0 Å². The van der Waals surface area contributed by atoms with Crippen LogP contribution in [-0.2, 0) is 10.0 Å². The highest BCUT2D eigenvalue weighted by Crippen LogP contribution is 2.25. The molecule has 1 amide bonds. The van der Waals surface area contributed by atoms with Gasteiger partial charge < -0.3 is 10.2 Å². The number of hydrogen-bond donors (Lipinski definition) is 1. The number of likely N-dealkylation sites (tertiary alicyclic amines) is 1. The van der Waals surface area contributed by atoms with E-state index in [1.54, 1.807) is 0 Å². The number of piperidine rings is 2. The van der Waals surface area contributed by atoms with E-state index in [-0.39, 0.29) is 21.4 Å². The van der Waals surface area contributed by atoms with Gasteiger partial charge in [-0.25, -0.2) is 8.42 Å². The highest BCUT2D eigenvalue weighted by molar-refractivity contribution is 7.89. The van der Waals surface area contributed by atoms with Crippen molar-refractivity contribution >= 4 is 27.5 Å². The van der Waals surface area contributed by atoms with Gasteiger partial charge in [-0.2, -0.15) is 4.31 Å². The van der Waals surface area contributed by atoms with Crippen LogP contribution >= 0.6 is 11.6 Å². The molecule has 1 aromatic rings. The third-order valence-electron chi connectivity index (χ3n) is 6.26. The van der Waals surface area contributed by atoms with Gasteiger partial charge in [-0.15, -0.1) is 0 Å². The average Bonchev–Trinajstić information content (AvgIpc) is 2.77. The fraction of sp³-hybridized carbons (Fsp3) is 0.682. The Bertz CT molecular complexity index is 825. The zero-order valence-electron chi connectivity index (χ0n) is 17.9. The molecule has 0 aliphatic carbocycles. The number of nitrogens with one attached hydrogen (secondary N) is 1. The van der Waals surface area contributed by atoms with Gasteiger partial charge in [0.2, 0.25) is 10.0 Å². The standard InChI is InChI=1S/C22H34ClN3O3S/c1-2-18-9-4-7-13-25(18)14-8-12-24-22(27)20-17-19(10-11-21(20)23)30(28,29)26-15-5-3-6-16-26/h10-11,17-18H,2-9,12-16H2,1H3,(H,24,27)/t18-/m0/s1. The molecule has 0 radical (unpaired) electrons. The van der Waals surface area contributed by atoms with Crippen LogP contribution < -0.4 is 5.32 Å². The Balaban J connectivity index is 1.58. The van der Waals surface area contributed by atoms with Gasteiger partial charge in [0.25, 0.3) is 5.91 Å². The second-order valence-electron chi connectivity index (χ2n) is 8.31. The van der Waals surface area contributed by atoms with Crippen molar-refractivity contribution in [2.75, 3.05) is 32.7 Å². The van der Waals surface area contributed by atoms with Crippen molar-refractivity contribution in [3.8, 4) is 0 Å². The Labute approximate surface area is 186 Å². The second kappa shape index (κ2) is 10.9. The molecular weight excluding hydrogens is 422 g/mol. The number of nitrogens with zero attached hydrogens (tertiary/aromatic N) is 2. The zero-order chi connectivity index (χ0) is 21.6. The maximum atomic E-state index is 12.9. The van der Waals surface area contributed by atoms with Crippen molar-refractivity contribution < 1.29 is 13.2 Å². The summed E-state index contributed by atoms with van der Waals surface area (Å²) in [6.07, 6.45) is 8.64. The average molecular weight is 456 g/mol. The predicted octanol–water partition coefficient (Wildman–Crippen LogP) is 3.90. The van der Waals surface area contributed by atoms with Gasteiger partial charge in [-0.05, 0) is 63.3 Å². The van der Waals surface area contributed by atoms with Gasteiger partial charge >= 0.3 is 0 Å². The minimum Gasteiger partial charge on any atom is -0.352 e. The molecule has 1 N–H and O–H groups in total. The number of carbonyl (C=O) groups is 1. The van der Waals surface area contributed by atoms with E-state index in [0.717, 1.165) is 38.8 Å². The first-order chi connectivity index (χ1) is 14.4. The summed E-state index contributed by atoms with van der Waals surface area (Å²) < 4.78 is 27.3. The summed E-state index contributed by atoms with van der Waals surface area (Å²) in [5.74, 6) is -0.318. The summed E-state index contributed by atoms with van der Waals surface area (Å²) in [5, 5.41) is 3.18. The Morgan fingerprint density at radius 3 is 2.60 bits per heavy atom. The quantitative estimate of drug-likeness (QED) is 0.603. The van der Waals surface area contributed by atoms with E-state index in [4.69, 9.17) is 11.6 Å². The van der Waals surface area contributed by atoms with Crippen LogP contribution in [0.2, 0.25) is 5.02 Å². The molecule has 1 aromatic carbocycles. The van der Waals surface area contributed by atoms with E-state index >= 15 is 0 Å². The van der Waals surface area contributed by atoms with Crippen molar-refractivity contribution in [3.63, 3.8) is 0 Å². The number of benzene rings is 1. The third-order valence-corrected chi connectivity index (χ3v) is 8.49. The highest BCUT2D eigenvalue weighted by Gasteiger charge is 2.27. The molecule has 3 rings (SSSR count). The Morgan fingerprint density at radius 1 is 1.13 bits per heavy atom. The molecule has 0 bridgehead atoms. The van der Waals surface area contributed by atoms with Crippen molar-refractivity contribution in [1.29, 1.82) is 0 Å². The van der Waals surface area contributed by atoms with Gasteiger partial charge in [-0.3, -0.25) is 4.79 Å². The first-order valence-corrected chi connectivity index (χ1v) is 13.1. The van der Waals surface area contributed by atoms with Crippen LogP contribution in [0.25, 0.3) is 0 Å². The van der Waals surface area contributed by atoms with Gasteiger partial charge in [0.1, 0.15) is 0 Å². The van der Waals surface area contributed by atoms with Gasteiger partial charge in [-0.1, -0.05) is 31.4 Å². The second-order valence-corrected chi connectivity index (χ2v) is 10.7. The highest BCUT2D eigenvalue weighted by atomic mass is 35.5. The first-order valence-electron chi connectivity index (χ1n) is 11.3. The molecule has 168 valence electrons. The number of hydrogen-bond acceptors (Lipinski definition) is 4. The molecular formula is C22H34ClN3O3S. The van der Waals surface area contributed by atoms with E-state index in [9.17, 15) is 13.2 Å². The van der Waals surface area contributed by atoms with E-state index in [1.165, 1.54) is 48.2 Å². The molecule has 8 heteroatoms. The van der Waals surface area contributed by atoms with Crippen LogP contribution in [-0.4, -0.2) is 62.3 Å². The topological polar surface area (TPSA) is 69.7 Å². The van der Waals surface area contributed by atoms with Crippen LogP contribution in [0.4, 0.5) is 0 Å². The van der Waals surface area contributed by atoms with Crippen molar-refractivity contribution in [1.82, 2.24) is 14.5 Å². The minimum absolute atomic E-state index is 0.137. The number of amides is 1. The lowest BCUT2D eigenvalue weighted by Crippen LogP contribution is -2.40. The maximum Gasteiger partial charge on any atom is 0.252 e. The van der Waals surface area contributed by atoms with E-state index < -0.39 is 10.0 Å². The normalized spacial score (nSPS) is 21.5. The molecule has 0 aromatic heterocycles. The first kappa shape index (κ1) is 23.5. The predicted molar refractivity (Wildman–Crippen MR) is 121 cm³/mol. The van der Waals surface area contributed by atoms with Crippen molar-refractivity contribution in [2.24, 2.45) is 0 Å². The lowest BCUT2D eigenvalue weighted by Gasteiger charge is -2.35. The number of halogens is 1. The van der Waals surface area contributed by atoms with Gasteiger partial charge in [0.15, 0.2) is 0 Å². The van der Waals surface area contributed by atoms with Crippen LogP contribution in [0.3, 0.4) is 0 Å². The summed E-state index contributed by atoms with van der Waals surface area (Å²) in [6, 6.07) is 5.07. The molecule has 0 spiro atoms. The molecule has 2 saturated heterocycles. The third kappa shape index (κ3) is 5.75. The zero-order valence-corrected chi connectivity index (χ0v) is 19.5. The number of rotatable bonds is 8. The smallest absolute Gasteiger partial charge is 0.252 e. The fourth-order valence-electron chi connectivity index (χ4n) is 4.49.